The minimum absolute atomic E-state index is 0.00443. The third-order valence-corrected chi connectivity index (χ3v) is 5.99. The lowest BCUT2D eigenvalue weighted by molar-refractivity contribution is -0.144. The van der Waals surface area contributed by atoms with Crippen LogP contribution in [-0.2, 0) is 35.2 Å². The summed E-state index contributed by atoms with van der Waals surface area (Å²) in [4.78, 5) is 75.8. The van der Waals surface area contributed by atoms with Crippen LogP contribution in [0.15, 0.2) is 30.5 Å². The van der Waals surface area contributed by atoms with Gasteiger partial charge in [-0.15, -0.1) is 0 Å². The maximum atomic E-state index is 13.3. The van der Waals surface area contributed by atoms with Gasteiger partial charge in [-0.05, 0) is 18.1 Å². The van der Waals surface area contributed by atoms with E-state index in [1.54, 1.807) is 12.3 Å². The lowest BCUT2D eigenvalue weighted by Crippen LogP contribution is -2.58. The molecule has 1 aromatic carbocycles. The van der Waals surface area contributed by atoms with Gasteiger partial charge < -0.3 is 43.2 Å². The molecule has 0 saturated carbocycles. The number of aromatic amines is 1. The molecule has 0 radical (unpaired) electrons. The Bertz CT molecular complexity index is 1200. The van der Waals surface area contributed by atoms with Crippen molar-refractivity contribution in [1.29, 1.82) is 0 Å². The molecule has 1 heterocycles. The van der Waals surface area contributed by atoms with Gasteiger partial charge in [-0.1, -0.05) is 18.2 Å². The molecule has 5 amide bonds. The third kappa shape index (κ3) is 8.77. The van der Waals surface area contributed by atoms with Gasteiger partial charge in [-0.2, -0.15) is 12.6 Å². The van der Waals surface area contributed by atoms with Gasteiger partial charge in [0.2, 0.25) is 29.5 Å². The van der Waals surface area contributed by atoms with Crippen LogP contribution in [0.2, 0.25) is 0 Å². The Morgan fingerprint density at radius 1 is 0.895 bits per heavy atom. The summed E-state index contributed by atoms with van der Waals surface area (Å²) in [6, 6.07) is 1.97. The molecule has 0 aliphatic heterocycles. The number of H-pyrrole nitrogens is 1. The van der Waals surface area contributed by atoms with E-state index in [0.29, 0.717) is 5.56 Å². The number of aromatic nitrogens is 1. The van der Waals surface area contributed by atoms with Crippen LogP contribution in [0.4, 0.5) is 0 Å². The van der Waals surface area contributed by atoms with E-state index in [1.165, 1.54) is 0 Å². The maximum Gasteiger partial charge on any atom is 0.326 e. The Labute approximate surface area is 222 Å². The highest BCUT2D eigenvalue weighted by molar-refractivity contribution is 7.80. The summed E-state index contributed by atoms with van der Waals surface area (Å²) in [5, 5.41) is 17.2. The van der Waals surface area contributed by atoms with E-state index >= 15 is 0 Å². The number of thiol groups is 1. The standard InChI is InChI=1S/C23H31N7O7S/c24-13(10-38)20(33)29-16(7-11-9-27-14-4-2-1-3-12(11)14)22(35)28-15(5-6-18(25)31)21(34)30-17(23(36)37)8-19(26)32/h1-4,9,13,15-17,27,38H,5-8,10,24H2,(H2,25,31)(H2,26,32)(H,28,35)(H,29,33)(H,30,34)(H,36,37). The van der Waals surface area contributed by atoms with Crippen LogP contribution >= 0.6 is 12.6 Å². The summed E-state index contributed by atoms with van der Waals surface area (Å²) in [5.74, 6) is -5.72. The minimum atomic E-state index is -1.66. The molecular weight excluding hydrogens is 518 g/mol. The number of fused-ring (bicyclic) bond motifs is 1. The summed E-state index contributed by atoms with van der Waals surface area (Å²) in [6.07, 6.45) is 0.382. The molecule has 0 saturated heterocycles. The molecule has 4 unspecified atom stereocenters. The number of rotatable bonds is 15. The average molecular weight is 550 g/mol. The summed E-state index contributed by atoms with van der Waals surface area (Å²) in [7, 11) is 0. The van der Waals surface area contributed by atoms with E-state index in [2.05, 4.69) is 33.6 Å². The van der Waals surface area contributed by atoms with Crippen molar-refractivity contribution in [2.24, 2.45) is 17.2 Å². The monoisotopic (exact) mass is 549 g/mol. The first-order valence-corrected chi connectivity index (χ1v) is 12.2. The Morgan fingerprint density at radius 3 is 2.11 bits per heavy atom. The molecule has 0 spiro atoms. The first-order valence-electron chi connectivity index (χ1n) is 11.5. The molecule has 14 nitrogen and oxygen atoms in total. The van der Waals surface area contributed by atoms with Crippen molar-refractivity contribution in [3.8, 4) is 0 Å². The predicted octanol–water partition coefficient (Wildman–Crippen LogP) is -2.35. The quantitative estimate of drug-likeness (QED) is 0.108. The number of carbonyl (C=O) groups excluding carboxylic acids is 5. The van der Waals surface area contributed by atoms with Gasteiger partial charge >= 0.3 is 5.97 Å². The fourth-order valence-corrected chi connectivity index (χ4v) is 3.76. The van der Waals surface area contributed by atoms with Crippen molar-refractivity contribution in [3.63, 3.8) is 0 Å². The highest BCUT2D eigenvalue weighted by atomic mass is 32.1. The molecule has 15 heteroatoms. The average Bonchev–Trinajstić information content (AvgIpc) is 3.27. The second-order valence-electron chi connectivity index (χ2n) is 8.55. The van der Waals surface area contributed by atoms with E-state index in [0.717, 1.165) is 10.9 Å². The summed E-state index contributed by atoms with van der Waals surface area (Å²) in [6.45, 7) is 0. The van der Waals surface area contributed by atoms with Crippen LogP contribution in [0, 0.1) is 0 Å². The molecule has 2 aromatic rings. The molecule has 11 N–H and O–H groups in total. The lowest BCUT2D eigenvalue weighted by Gasteiger charge is -2.25. The number of carboxylic acids is 1. The molecular formula is C23H31N7O7S. The van der Waals surface area contributed by atoms with Crippen LogP contribution in [0.1, 0.15) is 24.8 Å². The zero-order valence-electron chi connectivity index (χ0n) is 20.3. The summed E-state index contributed by atoms with van der Waals surface area (Å²) >= 11 is 4.00. The highest BCUT2D eigenvalue weighted by Gasteiger charge is 2.31. The molecule has 0 bridgehead atoms. The van der Waals surface area contributed by atoms with Crippen LogP contribution in [0.5, 0.6) is 0 Å². The number of carboxylic acid groups (broad SMARTS) is 1. The van der Waals surface area contributed by atoms with Crippen LogP contribution in [0.25, 0.3) is 10.9 Å². The number of nitrogens with one attached hydrogen (secondary N) is 4. The van der Waals surface area contributed by atoms with Crippen molar-refractivity contribution in [2.45, 2.75) is 49.9 Å². The van der Waals surface area contributed by atoms with Crippen LogP contribution in [-0.4, -0.2) is 75.5 Å². The van der Waals surface area contributed by atoms with Gasteiger partial charge in [-0.3, -0.25) is 24.0 Å². The predicted molar refractivity (Wildman–Crippen MR) is 139 cm³/mol. The minimum Gasteiger partial charge on any atom is -0.480 e. The number of nitrogens with two attached hydrogens (primary N) is 3. The van der Waals surface area contributed by atoms with E-state index in [9.17, 15) is 33.9 Å². The highest BCUT2D eigenvalue weighted by Crippen LogP contribution is 2.19. The largest absolute Gasteiger partial charge is 0.480 e. The van der Waals surface area contributed by atoms with E-state index in [4.69, 9.17) is 17.2 Å². The Morgan fingerprint density at radius 2 is 1.50 bits per heavy atom. The number of benzene rings is 1. The number of carbonyl (C=O) groups is 6. The number of aliphatic carboxylic acids is 1. The second-order valence-corrected chi connectivity index (χ2v) is 8.92. The first kappa shape index (κ1) is 30.1. The zero-order valence-corrected chi connectivity index (χ0v) is 21.2. The summed E-state index contributed by atoms with van der Waals surface area (Å²) in [5.41, 5.74) is 17.5. The topological polar surface area (TPSA) is 253 Å². The van der Waals surface area contributed by atoms with Gasteiger partial charge in [0.05, 0.1) is 12.5 Å². The first-order chi connectivity index (χ1) is 17.9. The van der Waals surface area contributed by atoms with Crippen molar-refractivity contribution < 1.29 is 33.9 Å². The van der Waals surface area contributed by atoms with E-state index in [-0.39, 0.29) is 25.0 Å². The number of hydrogen-bond donors (Lipinski definition) is 9. The smallest absolute Gasteiger partial charge is 0.326 e. The number of primary amides is 2. The lowest BCUT2D eigenvalue weighted by atomic mass is 10.0. The van der Waals surface area contributed by atoms with Crippen molar-refractivity contribution >= 4 is 59.0 Å². The van der Waals surface area contributed by atoms with Gasteiger partial charge in [0.15, 0.2) is 0 Å². The zero-order chi connectivity index (χ0) is 28.4. The molecule has 206 valence electrons. The number of amides is 5. The molecule has 0 aliphatic carbocycles. The van der Waals surface area contributed by atoms with Crippen LogP contribution < -0.4 is 33.2 Å². The third-order valence-electron chi connectivity index (χ3n) is 5.60. The molecule has 2 rings (SSSR count). The fraction of sp³-hybridized carbons (Fsp3) is 0.391. The second kappa shape index (κ2) is 14.0. The number of hydrogen-bond acceptors (Lipinski definition) is 8. The van der Waals surface area contributed by atoms with Crippen molar-refractivity contribution in [3.05, 3.63) is 36.0 Å². The molecule has 4 atom stereocenters. The summed E-state index contributed by atoms with van der Waals surface area (Å²) < 4.78 is 0. The Balaban J connectivity index is 2.30. The fourth-order valence-electron chi connectivity index (χ4n) is 3.59. The molecule has 0 aliphatic rings. The van der Waals surface area contributed by atoms with Gasteiger partial charge in [0.25, 0.3) is 0 Å². The Hall–Kier alpha value is -4.11. The Kier molecular flexibility index (Phi) is 11.1. The maximum absolute atomic E-state index is 13.3. The van der Waals surface area contributed by atoms with Crippen LogP contribution in [0.3, 0.4) is 0 Å². The molecule has 38 heavy (non-hydrogen) atoms. The van der Waals surface area contributed by atoms with E-state index in [1.807, 2.05) is 18.2 Å². The normalized spacial score (nSPS) is 14.1. The van der Waals surface area contributed by atoms with Crippen molar-refractivity contribution in [1.82, 2.24) is 20.9 Å². The van der Waals surface area contributed by atoms with Crippen molar-refractivity contribution in [2.75, 3.05) is 5.75 Å². The van der Waals surface area contributed by atoms with Gasteiger partial charge in [0, 0.05) is 35.7 Å². The molecule has 1 aromatic heterocycles. The number of para-hydroxylation sites is 1. The molecule has 0 fully saturated rings. The van der Waals surface area contributed by atoms with Gasteiger partial charge in [0.1, 0.15) is 18.1 Å². The SMILES string of the molecule is NC(=O)CCC(NC(=O)C(Cc1c[nH]c2ccccc12)NC(=O)C(N)CS)C(=O)NC(CC(N)=O)C(=O)O. The van der Waals surface area contributed by atoms with E-state index < -0.39 is 66.1 Å². The van der Waals surface area contributed by atoms with Gasteiger partial charge in [-0.25, -0.2) is 4.79 Å².